The van der Waals surface area contributed by atoms with Gasteiger partial charge in [-0.1, -0.05) is 12.1 Å². The van der Waals surface area contributed by atoms with Gasteiger partial charge in [0.1, 0.15) is 5.82 Å². The number of aromatic nitrogens is 2. The van der Waals surface area contributed by atoms with E-state index in [4.69, 9.17) is 0 Å². The summed E-state index contributed by atoms with van der Waals surface area (Å²) in [4.78, 5) is 38.0. The number of benzene rings is 1. The Hall–Kier alpha value is -3.03. The highest BCUT2D eigenvalue weighted by Gasteiger charge is 2.04. The van der Waals surface area contributed by atoms with Crippen LogP contribution in [0.3, 0.4) is 0 Å². The Balaban J connectivity index is 1.94. The van der Waals surface area contributed by atoms with Crippen LogP contribution in [0.4, 0.5) is 4.39 Å². The maximum Gasteiger partial charge on any atom is 0.325 e. The molecule has 0 radical (unpaired) electrons. The summed E-state index contributed by atoms with van der Waals surface area (Å²) in [7, 11) is 0. The van der Waals surface area contributed by atoms with E-state index in [0.29, 0.717) is 5.56 Å². The van der Waals surface area contributed by atoms with Crippen molar-refractivity contribution in [2.45, 2.75) is 6.42 Å². The van der Waals surface area contributed by atoms with Crippen LogP contribution in [-0.4, -0.2) is 22.1 Å². The summed E-state index contributed by atoms with van der Waals surface area (Å²) < 4.78 is 12.7. The fourth-order valence-electron chi connectivity index (χ4n) is 1.55. The Morgan fingerprint density at radius 3 is 2.62 bits per heavy atom. The van der Waals surface area contributed by atoms with Gasteiger partial charge in [0, 0.05) is 11.8 Å². The molecule has 1 aromatic heterocycles. The lowest BCUT2D eigenvalue weighted by atomic mass is 10.2. The molecule has 0 aliphatic heterocycles. The normalized spacial score (nSPS) is 10.7. The molecule has 0 unspecified atom stereocenters. The first-order valence-electron chi connectivity index (χ1n) is 5.93. The number of nitrogens with one attached hydrogen (secondary N) is 3. The van der Waals surface area contributed by atoms with Crippen LogP contribution in [0.25, 0.3) is 0 Å². The third-order valence-electron chi connectivity index (χ3n) is 2.44. The molecule has 21 heavy (non-hydrogen) atoms. The minimum Gasteiger partial charge on any atom is -0.311 e. The Bertz CT molecular complexity index is 749. The van der Waals surface area contributed by atoms with E-state index in [1.54, 1.807) is 0 Å². The maximum atomic E-state index is 12.7. The molecule has 7 nitrogen and oxygen atoms in total. The van der Waals surface area contributed by atoms with E-state index in [1.165, 1.54) is 30.5 Å². The zero-order valence-corrected chi connectivity index (χ0v) is 10.7. The summed E-state index contributed by atoms with van der Waals surface area (Å²) in [6.07, 6.45) is 1.15. The molecule has 0 aliphatic rings. The number of amides is 1. The topological polar surface area (TPSA) is 107 Å². The lowest BCUT2D eigenvalue weighted by Crippen LogP contribution is -2.26. The summed E-state index contributed by atoms with van der Waals surface area (Å²) in [6.45, 7) is 0. The second-order valence-electron chi connectivity index (χ2n) is 4.13. The highest BCUT2D eigenvalue weighted by atomic mass is 19.1. The van der Waals surface area contributed by atoms with E-state index in [1.807, 2.05) is 4.98 Å². The summed E-state index contributed by atoms with van der Waals surface area (Å²) >= 11 is 0. The molecule has 2 aromatic rings. The fraction of sp³-hybridized carbons (Fsp3) is 0.0769. The molecule has 1 amide bonds. The number of hydrazone groups is 1. The second-order valence-corrected chi connectivity index (χ2v) is 4.13. The van der Waals surface area contributed by atoms with Crippen LogP contribution < -0.4 is 16.7 Å². The van der Waals surface area contributed by atoms with E-state index < -0.39 is 17.2 Å². The third-order valence-corrected chi connectivity index (χ3v) is 2.44. The largest absolute Gasteiger partial charge is 0.325 e. The molecule has 0 bridgehead atoms. The number of carbonyl (C=O) groups excluding carboxylic acids is 1. The second kappa shape index (κ2) is 6.42. The van der Waals surface area contributed by atoms with Crippen molar-refractivity contribution in [1.82, 2.24) is 15.4 Å². The van der Waals surface area contributed by atoms with Gasteiger partial charge in [-0.3, -0.25) is 14.6 Å². The molecule has 3 N–H and O–H groups in total. The van der Waals surface area contributed by atoms with Crippen LogP contribution in [0.5, 0.6) is 0 Å². The van der Waals surface area contributed by atoms with Gasteiger partial charge < -0.3 is 4.98 Å². The first-order chi connectivity index (χ1) is 10.0. The average Bonchev–Trinajstić information content (AvgIpc) is 2.39. The summed E-state index contributed by atoms with van der Waals surface area (Å²) in [5, 5.41) is 3.69. The minimum absolute atomic E-state index is 0.179. The Morgan fingerprint density at radius 2 is 1.95 bits per heavy atom. The van der Waals surface area contributed by atoms with Crippen LogP contribution in [0.2, 0.25) is 0 Å². The van der Waals surface area contributed by atoms with Crippen LogP contribution >= 0.6 is 0 Å². The van der Waals surface area contributed by atoms with Crippen molar-refractivity contribution in [1.29, 1.82) is 0 Å². The predicted octanol–water partition coefficient (Wildman–Crippen LogP) is -0.105. The Morgan fingerprint density at radius 1 is 1.24 bits per heavy atom. The van der Waals surface area contributed by atoms with Crippen molar-refractivity contribution in [2.24, 2.45) is 5.10 Å². The predicted molar refractivity (Wildman–Crippen MR) is 73.5 cm³/mol. The lowest BCUT2D eigenvalue weighted by Gasteiger charge is -1.99. The number of rotatable bonds is 4. The monoisotopic (exact) mass is 290 g/mol. The van der Waals surface area contributed by atoms with Gasteiger partial charge in [-0.2, -0.15) is 5.10 Å². The van der Waals surface area contributed by atoms with Gasteiger partial charge in [0.15, 0.2) is 0 Å². The molecule has 1 heterocycles. The first-order valence-corrected chi connectivity index (χ1v) is 5.93. The fourth-order valence-corrected chi connectivity index (χ4v) is 1.55. The number of hydrogen-bond donors (Lipinski definition) is 3. The van der Waals surface area contributed by atoms with Crippen molar-refractivity contribution in [3.8, 4) is 0 Å². The van der Waals surface area contributed by atoms with Crippen molar-refractivity contribution >= 4 is 12.1 Å². The van der Waals surface area contributed by atoms with Crippen LogP contribution in [0.15, 0.2) is 45.0 Å². The Labute approximate surface area is 117 Å². The summed E-state index contributed by atoms with van der Waals surface area (Å²) in [6, 6.07) is 6.65. The van der Waals surface area contributed by atoms with E-state index >= 15 is 0 Å². The molecule has 0 saturated carbocycles. The molecule has 1 aromatic carbocycles. The quantitative estimate of drug-likeness (QED) is 0.540. The summed E-state index contributed by atoms with van der Waals surface area (Å²) in [5.74, 6) is -0.871. The van der Waals surface area contributed by atoms with Crippen molar-refractivity contribution < 1.29 is 9.18 Å². The number of hydrogen-bond acceptors (Lipinski definition) is 4. The zero-order chi connectivity index (χ0) is 15.2. The summed E-state index contributed by atoms with van der Waals surface area (Å²) in [5.41, 5.74) is 1.76. The van der Waals surface area contributed by atoms with Gasteiger partial charge in [0.05, 0.1) is 12.6 Å². The van der Waals surface area contributed by atoms with E-state index in [2.05, 4.69) is 15.5 Å². The van der Waals surface area contributed by atoms with E-state index in [-0.39, 0.29) is 17.9 Å². The molecule has 0 fully saturated rings. The minimum atomic E-state index is -0.680. The number of H-pyrrole nitrogens is 2. The Kier molecular flexibility index (Phi) is 4.39. The zero-order valence-electron chi connectivity index (χ0n) is 10.7. The van der Waals surface area contributed by atoms with Gasteiger partial charge >= 0.3 is 5.69 Å². The molecule has 0 atom stereocenters. The highest BCUT2D eigenvalue weighted by Crippen LogP contribution is 1.99. The van der Waals surface area contributed by atoms with Gasteiger partial charge in [-0.15, -0.1) is 0 Å². The smallest absolute Gasteiger partial charge is 0.311 e. The number of carbonyl (C=O) groups is 1. The molecular formula is C13H11FN4O3. The van der Waals surface area contributed by atoms with Crippen molar-refractivity contribution in [2.75, 3.05) is 0 Å². The lowest BCUT2D eigenvalue weighted by molar-refractivity contribution is -0.120. The molecular weight excluding hydrogens is 279 g/mol. The standard InChI is InChI=1S/C13H11FN4O3/c14-9-3-1-8(2-4-9)7-15-18-12(20)6-10-5-11(19)17-13(21)16-10/h1-5,7H,6H2,(H,18,20)(H2,16,17,19,21). The maximum absolute atomic E-state index is 12.7. The number of halogens is 1. The number of nitrogens with zero attached hydrogens (tertiary/aromatic N) is 1. The van der Waals surface area contributed by atoms with Gasteiger partial charge in [0.25, 0.3) is 5.56 Å². The first kappa shape index (κ1) is 14.4. The molecule has 108 valence electrons. The molecule has 0 saturated heterocycles. The van der Waals surface area contributed by atoms with Crippen molar-refractivity contribution in [3.63, 3.8) is 0 Å². The highest BCUT2D eigenvalue weighted by molar-refractivity contribution is 5.83. The van der Waals surface area contributed by atoms with Gasteiger partial charge in [-0.25, -0.2) is 14.6 Å². The van der Waals surface area contributed by atoms with Crippen LogP contribution in [0.1, 0.15) is 11.3 Å². The average molecular weight is 290 g/mol. The molecule has 8 heteroatoms. The van der Waals surface area contributed by atoms with Gasteiger partial charge in [-0.05, 0) is 17.7 Å². The van der Waals surface area contributed by atoms with Crippen LogP contribution in [0, 0.1) is 5.82 Å². The third kappa shape index (κ3) is 4.53. The SMILES string of the molecule is O=C(Cc1cc(=O)[nH]c(=O)[nH]1)NN=Cc1ccc(F)cc1. The number of aromatic amines is 2. The van der Waals surface area contributed by atoms with Crippen LogP contribution in [-0.2, 0) is 11.2 Å². The molecule has 0 aliphatic carbocycles. The van der Waals surface area contributed by atoms with Crippen molar-refractivity contribution in [3.05, 3.63) is 68.2 Å². The molecule has 0 spiro atoms. The van der Waals surface area contributed by atoms with E-state index in [9.17, 15) is 18.8 Å². The van der Waals surface area contributed by atoms with Gasteiger partial charge in [0.2, 0.25) is 5.91 Å². The van der Waals surface area contributed by atoms with E-state index in [0.717, 1.165) is 6.07 Å². The molecule has 2 rings (SSSR count).